The van der Waals surface area contributed by atoms with Crippen molar-refractivity contribution in [3.63, 3.8) is 0 Å². The van der Waals surface area contributed by atoms with Crippen molar-refractivity contribution in [1.29, 1.82) is 0 Å². The molecule has 1 aromatic carbocycles. The summed E-state index contributed by atoms with van der Waals surface area (Å²) in [5.74, 6) is -2.88. The van der Waals surface area contributed by atoms with E-state index in [2.05, 4.69) is 0 Å². The van der Waals surface area contributed by atoms with Gasteiger partial charge in [0.05, 0.1) is 6.10 Å². The van der Waals surface area contributed by atoms with Crippen LogP contribution in [0, 0.1) is 0 Å². The van der Waals surface area contributed by atoms with Crippen molar-refractivity contribution >= 4 is 17.8 Å². The number of carboxylic acid groups (broad SMARTS) is 1. The predicted octanol–water partition coefficient (Wildman–Crippen LogP) is -0.230. The summed E-state index contributed by atoms with van der Waals surface area (Å²) in [5.41, 5.74) is 0.863. The van der Waals surface area contributed by atoms with Crippen LogP contribution >= 0.6 is 0 Å². The molecule has 0 amide bonds. The van der Waals surface area contributed by atoms with Gasteiger partial charge in [-0.25, -0.2) is 0 Å². The van der Waals surface area contributed by atoms with E-state index in [1.54, 1.807) is 6.08 Å². The van der Waals surface area contributed by atoms with E-state index in [0.717, 1.165) is 5.56 Å². The normalized spacial score (nSPS) is 12.6. The number of benzene rings is 1. The Bertz CT molecular complexity index is 395. The molecule has 1 rings (SSSR count). The molecule has 0 saturated heterocycles. The SMILES string of the molecule is O=C([O-])C(=O)CC(O)/C=C/c1ccccc1. The molecule has 84 valence electrons. The van der Waals surface area contributed by atoms with Crippen molar-refractivity contribution in [2.75, 3.05) is 0 Å². The van der Waals surface area contributed by atoms with Gasteiger partial charge in [-0.3, -0.25) is 4.79 Å². The Morgan fingerprint density at radius 3 is 2.50 bits per heavy atom. The molecule has 4 nitrogen and oxygen atoms in total. The van der Waals surface area contributed by atoms with Gasteiger partial charge in [-0.1, -0.05) is 42.5 Å². The number of hydrogen-bond acceptors (Lipinski definition) is 4. The van der Waals surface area contributed by atoms with Crippen molar-refractivity contribution < 1.29 is 19.8 Å². The van der Waals surface area contributed by atoms with Crippen molar-refractivity contribution in [3.8, 4) is 0 Å². The zero-order valence-electron chi connectivity index (χ0n) is 8.50. The first-order chi connectivity index (χ1) is 7.59. The first-order valence-electron chi connectivity index (χ1n) is 4.75. The second-order valence-corrected chi connectivity index (χ2v) is 3.25. The molecule has 0 saturated carbocycles. The highest BCUT2D eigenvalue weighted by atomic mass is 16.4. The van der Waals surface area contributed by atoms with E-state index in [-0.39, 0.29) is 0 Å². The highest BCUT2D eigenvalue weighted by molar-refractivity contribution is 6.31. The van der Waals surface area contributed by atoms with Gasteiger partial charge in [-0.15, -0.1) is 0 Å². The molecule has 0 aromatic heterocycles. The molecule has 1 atom stereocenters. The van der Waals surface area contributed by atoms with Gasteiger partial charge in [0.1, 0.15) is 5.97 Å². The lowest BCUT2D eigenvalue weighted by Crippen LogP contribution is -2.33. The van der Waals surface area contributed by atoms with Gasteiger partial charge in [0.2, 0.25) is 0 Å². The van der Waals surface area contributed by atoms with Crippen LogP contribution in [0.5, 0.6) is 0 Å². The molecule has 1 N–H and O–H groups in total. The Morgan fingerprint density at radius 1 is 1.31 bits per heavy atom. The molecule has 16 heavy (non-hydrogen) atoms. The summed E-state index contributed by atoms with van der Waals surface area (Å²) in [6.45, 7) is 0. The first-order valence-corrected chi connectivity index (χ1v) is 4.75. The van der Waals surface area contributed by atoms with Crippen molar-refractivity contribution in [3.05, 3.63) is 42.0 Å². The smallest absolute Gasteiger partial charge is 0.181 e. The number of aliphatic hydroxyl groups is 1. The Labute approximate surface area is 92.8 Å². The van der Waals surface area contributed by atoms with E-state index in [0.29, 0.717) is 0 Å². The Kier molecular flexibility index (Phi) is 4.42. The van der Waals surface area contributed by atoms with Crippen LogP contribution < -0.4 is 5.11 Å². The lowest BCUT2D eigenvalue weighted by atomic mass is 10.1. The number of rotatable bonds is 5. The van der Waals surface area contributed by atoms with E-state index in [4.69, 9.17) is 0 Å². The van der Waals surface area contributed by atoms with Crippen LogP contribution in [0.4, 0.5) is 0 Å². The summed E-state index contributed by atoms with van der Waals surface area (Å²) >= 11 is 0. The molecule has 1 unspecified atom stereocenters. The lowest BCUT2D eigenvalue weighted by molar-refractivity contribution is -0.300. The maximum atomic E-state index is 10.7. The third-order valence-electron chi connectivity index (χ3n) is 1.93. The molecule has 0 aliphatic rings. The monoisotopic (exact) mass is 219 g/mol. The first kappa shape index (κ1) is 12.1. The number of carbonyl (C=O) groups excluding carboxylic acids is 2. The van der Waals surface area contributed by atoms with Gasteiger partial charge in [-0.2, -0.15) is 0 Å². The fourth-order valence-corrected chi connectivity index (χ4v) is 1.13. The molecule has 0 spiro atoms. The molecule has 0 aliphatic heterocycles. The minimum absolute atomic E-state index is 0.467. The number of ketones is 1. The minimum atomic E-state index is -1.77. The highest BCUT2D eigenvalue weighted by Gasteiger charge is 2.08. The second-order valence-electron chi connectivity index (χ2n) is 3.25. The lowest BCUT2D eigenvalue weighted by Gasteiger charge is -2.04. The quantitative estimate of drug-likeness (QED) is 0.694. The number of Topliss-reactive ketones (excluding diaryl/α,β-unsaturated/α-hetero) is 1. The third-order valence-corrected chi connectivity index (χ3v) is 1.93. The summed E-state index contributed by atoms with van der Waals surface area (Å²) < 4.78 is 0. The van der Waals surface area contributed by atoms with Gasteiger partial charge in [0.25, 0.3) is 0 Å². The molecular weight excluding hydrogens is 208 g/mol. The summed E-state index contributed by atoms with van der Waals surface area (Å²) in [5, 5.41) is 19.4. The second kappa shape index (κ2) is 5.82. The number of hydrogen-bond donors (Lipinski definition) is 1. The number of carboxylic acids is 1. The summed E-state index contributed by atoms with van der Waals surface area (Å²) in [6, 6.07) is 9.16. The molecule has 0 heterocycles. The van der Waals surface area contributed by atoms with Crippen LogP contribution in [-0.2, 0) is 9.59 Å². The van der Waals surface area contributed by atoms with Gasteiger partial charge in [0, 0.05) is 6.42 Å². The zero-order valence-corrected chi connectivity index (χ0v) is 8.50. The van der Waals surface area contributed by atoms with Gasteiger partial charge in [-0.05, 0) is 5.56 Å². The fourth-order valence-electron chi connectivity index (χ4n) is 1.13. The molecule has 0 aliphatic carbocycles. The number of aliphatic hydroxyl groups excluding tert-OH is 1. The van der Waals surface area contributed by atoms with Crippen LogP contribution in [0.15, 0.2) is 36.4 Å². The average Bonchev–Trinajstić information content (AvgIpc) is 2.27. The van der Waals surface area contributed by atoms with Crippen LogP contribution in [-0.4, -0.2) is 23.0 Å². The maximum Gasteiger partial charge on any atom is 0.181 e. The molecule has 0 fully saturated rings. The van der Waals surface area contributed by atoms with Crippen LogP contribution in [0.3, 0.4) is 0 Å². The van der Waals surface area contributed by atoms with Crippen molar-refractivity contribution in [1.82, 2.24) is 0 Å². The molecular formula is C12H11O4-. The largest absolute Gasteiger partial charge is 0.542 e. The van der Waals surface area contributed by atoms with E-state index >= 15 is 0 Å². The number of aliphatic carboxylic acids is 1. The average molecular weight is 219 g/mol. The van der Waals surface area contributed by atoms with E-state index in [1.165, 1.54) is 6.08 Å². The van der Waals surface area contributed by atoms with Gasteiger partial charge in [0.15, 0.2) is 5.78 Å². The molecule has 0 radical (unpaired) electrons. The molecule has 1 aromatic rings. The zero-order chi connectivity index (χ0) is 12.0. The van der Waals surface area contributed by atoms with Crippen LogP contribution in [0.1, 0.15) is 12.0 Å². The Balaban J connectivity index is 2.52. The van der Waals surface area contributed by atoms with Crippen LogP contribution in [0.2, 0.25) is 0 Å². The summed E-state index contributed by atoms with van der Waals surface area (Å²) in [4.78, 5) is 20.8. The predicted molar refractivity (Wildman–Crippen MR) is 56.1 cm³/mol. The molecule has 4 heteroatoms. The van der Waals surface area contributed by atoms with E-state index < -0.39 is 24.3 Å². The topological polar surface area (TPSA) is 77.4 Å². The Hall–Kier alpha value is -1.94. The van der Waals surface area contributed by atoms with E-state index in [9.17, 15) is 19.8 Å². The van der Waals surface area contributed by atoms with Crippen LogP contribution in [0.25, 0.3) is 6.08 Å². The van der Waals surface area contributed by atoms with Gasteiger partial charge >= 0.3 is 0 Å². The summed E-state index contributed by atoms with van der Waals surface area (Å²) in [6.07, 6.45) is 1.42. The summed E-state index contributed by atoms with van der Waals surface area (Å²) in [7, 11) is 0. The number of carbonyl (C=O) groups is 2. The Morgan fingerprint density at radius 2 is 1.94 bits per heavy atom. The maximum absolute atomic E-state index is 10.7. The minimum Gasteiger partial charge on any atom is -0.542 e. The van der Waals surface area contributed by atoms with E-state index in [1.807, 2.05) is 30.3 Å². The highest BCUT2D eigenvalue weighted by Crippen LogP contribution is 2.03. The molecule has 0 bridgehead atoms. The third kappa shape index (κ3) is 4.06. The fraction of sp³-hybridized carbons (Fsp3) is 0.167. The standard InChI is InChI=1S/C12H12O4/c13-10(8-11(14)12(15)16)7-6-9-4-2-1-3-5-9/h1-7,10,13H,8H2,(H,15,16)/p-1/b7-6+. The van der Waals surface area contributed by atoms with Crippen molar-refractivity contribution in [2.45, 2.75) is 12.5 Å². The van der Waals surface area contributed by atoms with Gasteiger partial charge < -0.3 is 15.0 Å². The van der Waals surface area contributed by atoms with Crippen molar-refractivity contribution in [2.24, 2.45) is 0 Å².